The highest BCUT2D eigenvalue weighted by Gasteiger charge is 1.96. The van der Waals surface area contributed by atoms with Crippen LogP contribution in [0, 0.1) is 0 Å². The lowest BCUT2D eigenvalue weighted by molar-refractivity contribution is 0.199. The molecule has 0 atom stereocenters. The fourth-order valence-corrected chi connectivity index (χ4v) is 2.18. The number of unbranched alkanes of at least 4 members (excludes halogenated alkanes) is 5. The van der Waals surface area contributed by atoms with Crippen molar-refractivity contribution in [1.29, 1.82) is 0 Å². The number of ether oxygens (including phenoxy) is 2. The standard InChI is InChI=1S/C18H31NO2/c1-3-4-5-6-7-8-14-21-18-11-9-17(10-12-18)16-19-13-15-20-2/h9-12,19H,3-8,13-16H2,1-2H3. The lowest BCUT2D eigenvalue weighted by atomic mass is 10.1. The van der Waals surface area contributed by atoms with E-state index in [1.807, 2.05) is 0 Å². The molecule has 0 saturated heterocycles. The van der Waals surface area contributed by atoms with E-state index in [-0.39, 0.29) is 0 Å². The van der Waals surface area contributed by atoms with Crippen molar-refractivity contribution < 1.29 is 9.47 Å². The average Bonchev–Trinajstić information content (AvgIpc) is 2.52. The molecule has 0 heterocycles. The molecular weight excluding hydrogens is 262 g/mol. The summed E-state index contributed by atoms with van der Waals surface area (Å²) in [6.45, 7) is 5.59. The van der Waals surface area contributed by atoms with Crippen LogP contribution in [0.15, 0.2) is 24.3 Å². The second kappa shape index (κ2) is 12.7. The molecule has 0 fully saturated rings. The first kappa shape index (κ1) is 18.0. The van der Waals surface area contributed by atoms with Gasteiger partial charge in [0.1, 0.15) is 5.75 Å². The largest absolute Gasteiger partial charge is 0.494 e. The zero-order valence-corrected chi connectivity index (χ0v) is 13.7. The number of rotatable bonds is 13. The summed E-state index contributed by atoms with van der Waals surface area (Å²) in [5.41, 5.74) is 1.28. The van der Waals surface area contributed by atoms with Gasteiger partial charge in [0, 0.05) is 20.2 Å². The second-order valence-electron chi connectivity index (χ2n) is 5.43. The first-order valence-corrected chi connectivity index (χ1v) is 8.28. The van der Waals surface area contributed by atoms with Gasteiger partial charge in [0.2, 0.25) is 0 Å². The highest BCUT2D eigenvalue weighted by molar-refractivity contribution is 5.27. The van der Waals surface area contributed by atoms with Gasteiger partial charge in [-0.2, -0.15) is 0 Å². The second-order valence-corrected chi connectivity index (χ2v) is 5.43. The van der Waals surface area contributed by atoms with Crippen LogP contribution in [-0.2, 0) is 11.3 Å². The summed E-state index contributed by atoms with van der Waals surface area (Å²) in [7, 11) is 1.72. The Morgan fingerprint density at radius 1 is 0.905 bits per heavy atom. The molecule has 1 rings (SSSR count). The first-order valence-electron chi connectivity index (χ1n) is 8.28. The number of methoxy groups -OCH3 is 1. The van der Waals surface area contributed by atoms with Crippen LogP contribution in [0.4, 0.5) is 0 Å². The van der Waals surface area contributed by atoms with Crippen molar-refractivity contribution in [3.8, 4) is 5.75 Å². The molecule has 0 unspecified atom stereocenters. The molecule has 0 bridgehead atoms. The monoisotopic (exact) mass is 293 g/mol. The summed E-state index contributed by atoms with van der Waals surface area (Å²) in [5.74, 6) is 0.976. The van der Waals surface area contributed by atoms with Crippen molar-refractivity contribution >= 4 is 0 Å². The van der Waals surface area contributed by atoms with E-state index in [0.717, 1.165) is 38.5 Å². The summed E-state index contributed by atoms with van der Waals surface area (Å²) in [5, 5.41) is 3.33. The molecule has 0 aliphatic heterocycles. The van der Waals surface area contributed by atoms with Crippen LogP contribution in [0.3, 0.4) is 0 Å². The molecule has 1 N–H and O–H groups in total. The molecule has 0 aromatic heterocycles. The molecule has 0 spiro atoms. The van der Waals surface area contributed by atoms with Crippen LogP contribution in [0.25, 0.3) is 0 Å². The summed E-state index contributed by atoms with van der Waals surface area (Å²) >= 11 is 0. The van der Waals surface area contributed by atoms with E-state index >= 15 is 0 Å². The lowest BCUT2D eigenvalue weighted by Gasteiger charge is -2.08. The van der Waals surface area contributed by atoms with Crippen LogP contribution in [-0.4, -0.2) is 26.9 Å². The summed E-state index contributed by atoms with van der Waals surface area (Å²) in [4.78, 5) is 0. The third-order valence-corrected chi connectivity index (χ3v) is 3.50. The average molecular weight is 293 g/mol. The van der Waals surface area contributed by atoms with Crippen molar-refractivity contribution in [2.75, 3.05) is 26.9 Å². The molecule has 3 nitrogen and oxygen atoms in total. The molecule has 21 heavy (non-hydrogen) atoms. The van der Waals surface area contributed by atoms with Gasteiger partial charge in [-0.05, 0) is 24.1 Å². The van der Waals surface area contributed by atoms with E-state index in [2.05, 4.69) is 36.5 Å². The number of hydrogen-bond donors (Lipinski definition) is 1. The Morgan fingerprint density at radius 2 is 1.62 bits per heavy atom. The molecule has 0 saturated carbocycles. The molecule has 0 amide bonds. The number of nitrogens with one attached hydrogen (secondary N) is 1. The SMILES string of the molecule is CCCCCCCCOc1ccc(CNCCOC)cc1. The Labute approximate surface area is 130 Å². The van der Waals surface area contributed by atoms with Crippen molar-refractivity contribution in [2.24, 2.45) is 0 Å². The minimum absolute atomic E-state index is 0.749. The Morgan fingerprint density at radius 3 is 2.33 bits per heavy atom. The maximum atomic E-state index is 5.77. The lowest BCUT2D eigenvalue weighted by Crippen LogP contribution is -2.18. The van der Waals surface area contributed by atoms with Gasteiger partial charge in [0.25, 0.3) is 0 Å². The molecule has 1 aromatic carbocycles. The van der Waals surface area contributed by atoms with E-state index in [4.69, 9.17) is 9.47 Å². The van der Waals surface area contributed by atoms with Gasteiger partial charge in [-0.25, -0.2) is 0 Å². The Bertz CT molecular complexity index is 338. The molecule has 0 aliphatic rings. The fourth-order valence-electron chi connectivity index (χ4n) is 2.18. The highest BCUT2D eigenvalue weighted by atomic mass is 16.5. The number of hydrogen-bond acceptors (Lipinski definition) is 3. The highest BCUT2D eigenvalue weighted by Crippen LogP contribution is 2.13. The van der Waals surface area contributed by atoms with Gasteiger partial charge in [-0.1, -0.05) is 51.2 Å². The zero-order chi connectivity index (χ0) is 15.2. The Kier molecular flexibility index (Phi) is 10.8. The van der Waals surface area contributed by atoms with E-state index < -0.39 is 0 Å². The minimum atomic E-state index is 0.749. The zero-order valence-electron chi connectivity index (χ0n) is 13.7. The molecule has 0 radical (unpaired) electrons. The molecule has 1 aromatic rings. The van der Waals surface area contributed by atoms with Gasteiger partial charge >= 0.3 is 0 Å². The van der Waals surface area contributed by atoms with Crippen molar-refractivity contribution in [3.05, 3.63) is 29.8 Å². The van der Waals surface area contributed by atoms with Crippen molar-refractivity contribution in [1.82, 2.24) is 5.32 Å². The van der Waals surface area contributed by atoms with Crippen LogP contribution < -0.4 is 10.1 Å². The predicted molar refractivity (Wildman–Crippen MR) is 88.9 cm³/mol. The van der Waals surface area contributed by atoms with Gasteiger partial charge in [-0.3, -0.25) is 0 Å². The smallest absolute Gasteiger partial charge is 0.119 e. The van der Waals surface area contributed by atoms with Gasteiger partial charge in [0.05, 0.1) is 13.2 Å². The number of benzene rings is 1. The van der Waals surface area contributed by atoms with Crippen LogP contribution in [0.5, 0.6) is 5.75 Å². The van der Waals surface area contributed by atoms with Gasteiger partial charge in [-0.15, -0.1) is 0 Å². The van der Waals surface area contributed by atoms with Crippen LogP contribution in [0.1, 0.15) is 51.0 Å². The topological polar surface area (TPSA) is 30.5 Å². The summed E-state index contributed by atoms with van der Waals surface area (Å²) in [6, 6.07) is 8.36. The quantitative estimate of drug-likeness (QED) is 0.554. The third kappa shape index (κ3) is 9.48. The van der Waals surface area contributed by atoms with Crippen LogP contribution in [0.2, 0.25) is 0 Å². The maximum absolute atomic E-state index is 5.77. The van der Waals surface area contributed by atoms with E-state index in [1.54, 1.807) is 7.11 Å². The first-order chi connectivity index (χ1) is 10.4. The van der Waals surface area contributed by atoms with Crippen molar-refractivity contribution in [3.63, 3.8) is 0 Å². The minimum Gasteiger partial charge on any atom is -0.494 e. The Balaban J connectivity index is 2.07. The van der Waals surface area contributed by atoms with Gasteiger partial charge in [0.15, 0.2) is 0 Å². The third-order valence-electron chi connectivity index (χ3n) is 3.50. The molecule has 3 heteroatoms. The van der Waals surface area contributed by atoms with Crippen LogP contribution >= 0.6 is 0 Å². The maximum Gasteiger partial charge on any atom is 0.119 e. The molecular formula is C18H31NO2. The summed E-state index contributed by atoms with van der Waals surface area (Å²) < 4.78 is 10.8. The predicted octanol–water partition coefficient (Wildman–Crippen LogP) is 4.16. The molecule has 120 valence electrons. The van der Waals surface area contributed by atoms with Gasteiger partial charge < -0.3 is 14.8 Å². The van der Waals surface area contributed by atoms with Crippen molar-refractivity contribution in [2.45, 2.75) is 52.0 Å². The fraction of sp³-hybridized carbons (Fsp3) is 0.667. The summed E-state index contributed by atoms with van der Waals surface area (Å²) in [6.07, 6.45) is 7.81. The normalized spacial score (nSPS) is 10.8. The van der Waals surface area contributed by atoms with E-state index in [0.29, 0.717) is 0 Å². The van der Waals surface area contributed by atoms with E-state index in [1.165, 1.54) is 37.7 Å². The Hall–Kier alpha value is -1.06. The molecule has 0 aliphatic carbocycles. The van der Waals surface area contributed by atoms with E-state index in [9.17, 15) is 0 Å².